The maximum atomic E-state index is 13.5. The molecular weight excluding hydrogens is 495 g/mol. The highest BCUT2D eigenvalue weighted by Gasteiger charge is 2.31. The monoisotopic (exact) mass is 517 g/mol. The molecule has 1 atom stereocenters. The summed E-state index contributed by atoms with van der Waals surface area (Å²) in [6.07, 6.45) is 1.77. The van der Waals surface area contributed by atoms with Gasteiger partial charge in [0.05, 0.1) is 23.4 Å². The zero-order valence-corrected chi connectivity index (χ0v) is 20.6. The van der Waals surface area contributed by atoms with E-state index in [0.29, 0.717) is 39.0 Å². The van der Waals surface area contributed by atoms with E-state index in [-0.39, 0.29) is 29.7 Å². The summed E-state index contributed by atoms with van der Waals surface area (Å²) in [6.45, 7) is -0.0237. The van der Waals surface area contributed by atoms with Crippen molar-refractivity contribution < 1.29 is 22.4 Å². The summed E-state index contributed by atoms with van der Waals surface area (Å²) in [5, 5.41) is 12.5. The number of furan rings is 1. The van der Waals surface area contributed by atoms with Crippen molar-refractivity contribution in [1.29, 1.82) is 5.26 Å². The van der Waals surface area contributed by atoms with Crippen LogP contribution in [0.1, 0.15) is 45.8 Å². The first-order valence-corrected chi connectivity index (χ1v) is 12.6. The second-order valence-electron chi connectivity index (χ2n) is 8.86. The van der Waals surface area contributed by atoms with Crippen molar-refractivity contribution in [2.75, 3.05) is 17.1 Å². The van der Waals surface area contributed by atoms with Crippen LogP contribution in [0.3, 0.4) is 0 Å². The summed E-state index contributed by atoms with van der Waals surface area (Å²) in [5.41, 5.74) is 9.33. The third-order valence-corrected chi connectivity index (χ3v) is 7.11. The molecule has 1 aromatic heterocycles. The van der Waals surface area contributed by atoms with Crippen molar-refractivity contribution in [3.05, 3.63) is 82.7 Å². The topological polar surface area (TPSA) is 135 Å². The van der Waals surface area contributed by atoms with Crippen LogP contribution < -0.4 is 15.4 Å². The Bertz CT molecular complexity index is 1590. The van der Waals surface area contributed by atoms with E-state index in [9.17, 15) is 23.2 Å². The largest absolute Gasteiger partial charge is 0.755 e. The molecule has 1 saturated carbocycles. The van der Waals surface area contributed by atoms with E-state index in [0.717, 1.165) is 18.4 Å². The number of fused-ring (bicyclic) bond motifs is 1. The van der Waals surface area contributed by atoms with Gasteiger partial charge in [-0.25, -0.2) is 4.39 Å². The van der Waals surface area contributed by atoms with E-state index in [1.54, 1.807) is 24.3 Å². The molecule has 5 rings (SSSR count). The number of halogens is 1. The Morgan fingerprint density at radius 1 is 1.24 bits per heavy atom. The maximum absolute atomic E-state index is 13.5. The molecule has 37 heavy (non-hydrogen) atoms. The molecule has 0 spiro atoms. The molecule has 0 bridgehead atoms. The predicted octanol–water partition coefficient (Wildman–Crippen LogP) is 4.73. The van der Waals surface area contributed by atoms with Crippen LogP contribution in [0.2, 0.25) is 0 Å². The predicted molar refractivity (Wildman–Crippen MR) is 138 cm³/mol. The number of nitrogens with two attached hydrogens (primary N) is 1. The fourth-order valence-corrected chi connectivity index (χ4v) is 5.00. The van der Waals surface area contributed by atoms with E-state index in [2.05, 4.69) is 5.32 Å². The van der Waals surface area contributed by atoms with Crippen LogP contribution >= 0.6 is 0 Å². The third-order valence-electron chi connectivity index (χ3n) is 6.43. The Labute approximate surface area is 214 Å². The first-order valence-electron chi connectivity index (χ1n) is 11.5. The zero-order chi connectivity index (χ0) is 26.3. The molecule has 1 aliphatic carbocycles. The van der Waals surface area contributed by atoms with Gasteiger partial charge in [0, 0.05) is 41.0 Å². The van der Waals surface area contributed by atoms with Crippen molar-refractivity contribution in [1.82, 2.24) is 5.32 Å². The normalized spacial score (nSPS) is 13.8. The van der Waals surface area contributed by atoms with Crippen molar-refractivity contribution in [2.45, 2.75) is 25.3 Å². The van der Waals surface area contributed by atoms with E-state index in [1.165, 1.54) is 35.6 Å². The van der Waals surface area contributed by atoms with Gasteiger partial charge in [0.25, 0.3) is 5.91 Å². The smallest absolute Gasteiger partial charge is 0.255 e. The van der Waals surface area contributed by atoms with Gasteiger partial charge in [-0.05, 0) is 72.4 Å². The molecule has 1 unspecified atom stereocenters. The first kappa shape index (κ1) is 24.5. The lowest BCUT2D eigenvalue weighted by Crippen LogP contribution is -2.26. The molecule has 1 fully saturated rings. The molecule has 8 nitrogen and oxygen atoms in total. The highest BCUT2D eigenvalue weighted by Crippen LogP contribution is 2.48. The number of nitrogens with one attached hydrogen (secondary N) is 1. The Morgan fingerprint density at radius 2 is 1.97 bits per heavy atom. The molecule has 3 aromatic carbocycles. The molecule has 10 heteroatoms. The second kappa shape index (κ2) is 9.69. The molecule has 1 aliphatic rings. The molecule has 0 aliphatic heterocycles. The summed E-state index contributed by atoms with van der Waals surface area (Å²) in [6, 6.07) is 15.9. The number of anilines is 2. The molecular formula is C27H22FN4O4S-. The Morgan fingerprint density at radius 3 is 2.59 bits per heavy atom. The molecule has 188 valence electrons. The Hall–Kier alpha value is -4.20. The number of benzene rings is 3. The van der Waals surface area contributed by atoms with Gasteiger partial charge < -0.3 is 20.0 Å². The molecule has 4 aromatic rings. The Kier molecular flexibility index (Phi) is 6.41. The summed E-state index contributed by atoms with van der Waals surface area (Å²) >= 11 is -2.65. The van der Waals surface area contributed by atoms with Gasteiger partial charge in [0.15, 0.2) is 0 Å². The number of nitriles is 1. The number of carbonyl (C=O) groups excluding carboxylic acids is 1. The maximum Gasteiger partial charge on any atom is 0.255 e. The van der Waals surface area contributed by atoms with Crippen LogP contribution in [-0.4, -0.2) is 21.7 Å². The summed E-state index contributed by atoms with van der Waals surface area (Å²) < 4.78 is 45.7. The van der Waals surface area contributed by atoms with Crippen LogP contribution in [0.25, 0.3) is 22.3 Å². The molecule has 3 N–H and O–H groups in total. The fourth-order valence-electron chi connectivity index (χ4n) is 4.42. The van der Waals surface area contributed by atoms with Gasteiger partial charge in [-0.2, -0.15) is 5.26 Å². The fraction of sp³-hybridized carbons (Fsp3) is 0.185. The summed E-state index contributed by atoms with van der Waals surface area (Å²) in [4.78, 5) is 12.9. The minimum Gasteiger partial charge on any atom is -0.755 e. The number of amides is 1. The molecule has 1 heterocycles. The molecule has 0 saturated heterocycles. The van der Waals surface area contributed by atoms with Crippen LogP contribution in [0.4, 0.5) is 15.8 Å². The minimum absolute atomic E-state index is 0.0237. The van der Waals surface area contributed by atoms with Gasteiger partial charge in [0.2, 0.25) is 0 Å². The van der Waals surface area contributed by atoms with Gasteiger partial charge in [0.1, 0.15) is 23.2 Å². The van der Waals surface area contributed by atoms with E-state index in [1.807, 2.05) is 12.1 Å². The lowest BCUT2D eigenvalue weighted by atomic mass is 10.00. The van der Waals surface area contributed by atoms with Crippen molar-refractivity contribution in [2.24, 2.45) is 0 Å². The van der Waals surface area contributed by atoms with Crippen LogP contribution in [0.15, 0.2) is 59.0 Å². The highest BCUT2D eigenvalue weighted by molar-refractivity contribution is 7.80. The highest BCUT2D eigenvalue weighted by atomic mass is 32.2. The van der Waals surface area contributed by atoms with Gasteiger partial charge >= 0.3 is 0 Å². The molecule has 1 amide bonds. The van der Waals surface area contributed by atoms with Gasteiger partial charge in [-0.1, -0.05) is 6.07 Å². The lowest BCUT2D eigenvalue weighted by Gasteiger charge is -2.29. The summed E-state index contributed by atoms with van der Waals surface area (Å²) in [5.74, 6) is -0.397. The quantitative estimate of drug-likeness (QED) is 0.269. The average Bonchev–Trinajstić information content (AvgIpc) is 3.67. The van der Waals surface area contributed by atoms with E-state index < -0.39 is 17.1 Å². The van der Waals surface area contributed by atoms with Crippen molar-refractivity contribution in [3.63, 3.8) is 0 Å². The van der Waals surface area contributed by atoms with Crippen molar-refractivity contribution in [3.8, 4) is 17.4 Å². The van der Waals surface area contributed by atoms with Crippen molar-refractivity contribution >= 4 is 39.5 Å². The first-order chi connectivity index (χ1) is 17.8. The zero-order valence-electron chi connectivity index (χ0n) is 19.8. The van der Waals surface area contributed by atoms with Crippen LogP contribution in [0.5, 0.6) is 0 Å². The number of nitrogens with zero attached hydrogens (tertiary/aromatic N) is 2. The van der Waals surface area contributed by atoms with Crippen LogP contribution in [-0.2, 0) is 17.8 Å². The minimum atomic E-state index is -2.65. The molecule has 0 radical (unpaired) electrons. The van der Waals surface area contributed by atoms with Crippen LogP contribution in [0, 0.1) is 17.1 Å². The van der Waals surface area contributed by atoms with Gasteiger partial charge in [-0.15, -0.1) is 0 Å². The number of rotatable bonds is 7. The summed E-state index contributed by atoms with van der Waals surface area (Å²) in [7, 11) is 1.51. The van der Waals surface area contributed by atoms with Gasteiger partial charge in [-0.3, -0.25) is 13.3 Å². The number of hydrogen-bond donors (Lipinski definition) is 2. The number of hydrogen-bond acceptors (Lipinski definition) is 6. The van der Waals surface area contributed by atoms with E-state index in [4.69, 9.17) is 10.2 Å². The average molecular weight is 518 g/mol. The third kappa shape index (κ3) is 4.67. The lowest BCUT2D eigenvalue weighted by molar-refractivity contribution is 0.0964. The standard InChI is InChI=1S/C27H23FN4O4S/c1-31-27(33)25-21-11-20(16-3-4-16)23(12-24(21)36-26(25)17-5-7-19(28)8-6-17)32(37(34)35)14-15-2-9-22(30)18(10-15)13-29/h2,5-12,16H,3-4,14,30H2,1H3,(H,31,33)(H,34,35)/p-1. The van der Waals surface area contributed by atoms with E-state index >= 15 is 0 Å². The number of carbonyl (C=O) groups is 1. The number of nitrogen functional groups attached to an aromatic ring is 1. The Balaban J connectivity index is 1.68. The SMILES string of the molecule is CNC(=O)c1c(-c2ccc(F)cc2)oc2cc(N(Cc3ccc(N)c(C#N)c3)S(=O)[O-])c(C3CC3)cc12. The second-order valence-corrected chi connectivity index (χ2v) is 9.74.